The van der Waals surface area contributed by atoms with E-state index in [1.807, 2.05) is 24.3 Å². The van der Waals surface area contributed by atoms with Gasteiger partial charge in [0.2, 0.25) is 0 Å². The molecule has 0 aliphatic heterocycles. The highest BCUT2D eigenvalue weighted by Gasteiger charge is 1.79. The van der Waals surface area contributed by atoms with E-state index in [0.29, 0.717) is 0 Å². The predicted molar refractivity (Wildman–Crippen MR) is 51.1 cm³/mol. The molecular formula is C10H15N. The molecule has 0 saturated carbocycles. The van der Waals surface area contributed by atoms with Crippen LogP contribution in [0.25, 0.3) is 0 Å². The van der Waals surface area contributed by atoms with Crippen LogP contribution in [-0.2, 0) is 0 Å². The Balaban J connectivity index is 3.69. The normalized spacial score (nSPS) is 11.9. The van der Waals surface area contributed by atoms with Gasteiger partial charge in [-0.05, 0) is 19.6 Å². The summed E-state index contributed by atoms with van der Waals surface area (Å²) >= 11 is 0. The maximum atomic E-state index is 6.76. The van der Waals surface area contributed by atoms with Gasteiger partial charge in [-0.2, -0.15) is 0 Å². The molecule has 0 amide bonds. The topological polar surface area (TPSA) is 23.9 Å². The first-order valence-electron chi connectivity index (χ1n) is 3.73. The minimum atomic E-state index is 0.720. The minimum absolute atomic E-state index is 0.720. The van der Waals surface area contributed by atoms with Crippen LogP contribution in [0, 0.1) is 5.41 Å². The molecule has 1 nitrogen and oxygen atoms in total. The first-order valence-corrected chi connectivity index (χ1v) is 3.73. The predicted octanol–water partition coefficient (Wildman–Crippen LogP) is 3.10. The Kier molecular flexibility index (Phi) is 6.30. The van der Waals surface area contributed by atoms with Gasteiger partial charge in [-0.15, -0.1) is 6.58 Å². The summed E-state index contributed by atoms with van der Waals surface area (Å²) in [5.41, 5.74) is 1.29. The summed E-state index contributed by atoms with van der Waals surface area (Å²) < 4.78 is 0. The number of hydrogen-bond acceptors (Lipinski definition) is 1. The van der Waals surface area contributed by atoms with Gasteiger partial charge < -0.3 is 5.41 Å². The first kappa shape index (κ1) is 9.89. The number of hydrogen-bond donors (Lipinski definition) is 1. The fourth-order valence-corrected chi connectivity index (χ4v) is 0.675. The van der Waals surface area contributed by atoms with Crippen LogP contribution in [0.5, 0.6) is 0 Å². The molecule has 0 spiro atoms. The summed E-state index contributed by atoms with van der Waals surface area (Å²) in [6.45, 7) is 5.71. The lowest BCUT2D eigenvalue weighted by atomic mass is 10.2. The van der Waals surface area contributed by atoms with Crippen LogP contribution in [-0.4, -0.2) is 6.21 Å². The quantitative estimate of drug-likeness (QED) is 0.353. The molecule has 0 radical (unpaired) electrons. The molecule has 0 saturated heterocycles. The molecule has 0 aromatic carbocycles. The molecule has 0 bridgehead atoms. The van der Waals surface area contributed by atoms with Crippen molar-refractivity contribution in [2.24, 2.45) is 0 Å². The Labute approximate surface area is 68.6 Å². The number of rotatable bonds is 5. The van der Waals surface area contributed by atoms with Crippen LogP contribution in [0.2, 0.25) is 0 Å². The van der Waals surface area contributed by atoms with Gasteiger partial charge in [-0.1, -0.05) is 29.9 Å². The molecule has 0 aromatic rings. The van der Waals surface area contributed by atoms with Crippen molar-refractivity contribution < 1.29 is 0 Å². The Hall–Kier alpha value is -1.11. The molecule has 0 fully saturated rings. The van der Waals surface area contributed by atoms with Crippen molar-refractivity contribution in [3.8, 4) is 0 Å². The average Bonchev–Trinajstić information content (AvgIpc) is 1.99. The molecule has 0 unspecified atom stereocenters. The Morgan fingerprint density at radius 3 is 2.82 bits per heavy atom. The highest BCUT2D eigenvalue weighted by atomic mass is 14.3. The van der Waals surface area contributed by atoms with Gasteiger partial charge in [0.25, 0.3) is 0 Å². The number of nitrogens with one attached hydrogen (secondary N) is 1. The zero-order chi connectivity index (χ0) is 8.53. The average molecular weight is 149 g/mol. The van der Waals surface area contributed by atoms with E-state index >= 15 is 0 Å². The highest BCUT2D eigenvalue weighted by molar-refractivity contribution is 5.55. The van der Waals surface area contributed by atoms with Crippen LogP contribution in [0.3, 0.4) is 0 Å². The smallest absolute Gasteiger partial charge is 0.000294 e. The maximum absolute atomic E-state index is 6.76. The minimum Gasteiger partial charge on any atom is -0.313 e. The van der Waals surface area contributed by atoms with E-state index in [9.17, 15) is 0 Å². The third-order valence-corrected chi connectivity index (χ3v) is 1.24. The molecule has 0 aliphatic carbocycles. The second-order valence-electron chi connectivity index (χ2n) is 2.37. The molecule has 60 valence electrons. The monoisotopic (exact) mass is 149 g/mol. The van der Waals surface area contributed by atoms with E-state index in [0.717, 1.165) is 12.8 Å². The summed E-state index contributed by atoms with van der Waals surface area (Å²) in [4.78, 5) is 0. The molecule has 0 rings (SSSR count). The second-order valence-corrected chi connectivity index (χ2v) is 2.37. The van der Waals surface area contributed by atoms with Crippen LogP contribution in [0.1, 0.15) is 19.8 Å². The zero-order valence-electron chi connectivity index (χ0n) is 7.01. The van der Waals surface area contributed by atoms with Crippen molar-refractivity contribution in [3.63, 3.8) is 0 Å². The van der Waals surface area contributed by atoms with Crippen LogP contribution in [0.4, 0.5) is 0 Å². The van der Waals surface area contributed by atoms with Crippen LogP contribution < -0.4 is 0 Å². The van der Waals surface area contributed by atoms with Crippen molar-refractivity contribution in [3.05, 3.63) is 36.5 Å². The van der Waals surface area contributed by atoms with Crippen molar-refractivity contribution in [2.75, 3.05) is 0 Å². The molecule has 0 heterocycles. The van der Waals surface area contributed by atoms with Gasteiger partial charge in [0, 0.05) is 6.42 Å². The standard InChI is InChI=1S/C10H15N/c1-3-7-10(2)8-5-4-6-9-11/h3-5,8-9,11H,1,6-7H2,2H3/b5-4-,10-8-,11-9?. The Morgan fingerprint density at radius 1 is 1.55 bits per heavy atom. The maximum Gasteiger partial charge on any atom is 0.000294 e. The number of allylic oxidation sites excluding steroid dienone is 5. The molecule has 1 N–H and O–H groups in total. The fraction of sp³-hybridized carbons (Fsp3) is 0.300. The van der Waals surface area contributed by atoms with Gasteiger partial charge >= 0.3 is 0 Å². The second kappa shape index (κ2) is 7.00. The van der Waals surface area contributed by atoms with Gasteiger partial charge in [0.05, 0.1) is 0 Å². The molecule has 0 aromatic heterocycles. The van der Waals surface area contributed by atoms with E-state index in [4.69, 9.17) is 5.41 Å². The van der Waals surface area contributed by atoms with E-state index in [1.165, 1.54) is 11.8 Å². The largest absolute Gasteiger partial charge is 0.313 e. The summed E-state index contributed by atoms with van der Waals surface area (Å²) in [6, 6.07) is 0. The molecule has 11 heavy (non-hydrogen) atoms. The lowest BCUT2D eigenvalue weighted by molar-refractivity contribution is 1.22. The van der Waals surface area contributed by atoms with Gasteiger partial charge in [0.1, 0.15) is 0 Å². The molecular weight excluding hydrogens is 134 g/mol. The lowest BCUT2D eigenvalue weighted by Gasteiger charge is -1.89. The SMILES string of the molecule is C=CC/C(C)=C\C=C/CC=N. The third kappa shape index (κ3) is 6.78. The Bertz CT molecular complexity index is 175. The zero-order valence-corrected chi connectivity index (χ0v) is 7.01. The summed E-state index contributed by atoms with van der Waals surface area (Å²) in [5, 5.41) is 6.76. The molecule has 0 atom stereocenters. The van der Waals surface area contributed by atoms with Crippen LogP contribution in [0.15, 0.2) is 36.5 Å². The van der Waals surface area contributed by atoms with Crippen molar-refractivity contribution in [2.45, 2.75) is 19.8 Å². The van der Waals surface area contributed by atoms with E-state index in [-0.39, 0.29) is 0 Å². The van der Waals surface area contributed by atoms with E-state index in [2.05, 4.69) is 13.5 Å². The van der Waals surface area contributed by atoms with Gasteiger partial charge in [-0.25, -0.2) is 0 Å². The Morgan fingerprint density at radius 2 is 2.27 bits per heavy atom. The molecule has 0 aliphatic rings. The first-order chi connectivity index (χ1) is 5.31. The summed E-state index contributed by atoms with van der Waals surface area (Å²) in [6.07, 6.45) is 10.9. The van der Waals surface area contributed by atoms with Crippen molar-refractivity contribution >= 4 is 6.21 Å². The fourth-order valence-electron chi connectivity index (χ4n) is 0.675. The van der Waals surface area contributed by atoms with Crippen molar-refractivity contribution in [1.82, 2.24) is 0 Å². The van der Waals surface area contributed by atoms with Crippen LogP contribution >= 0.6 is 0 Å². The summed E-state index contributed by atoms with van der Waals surface area (Å²) in [7, 11) is 0. The van der Waals surface area contributed by atoms with Gasteiger partial charge in [0.15, 0.2) is 0 Å². The van der Waals surface area contributed by atoms with E-state index in [1.54, 1.807) is 0 Å². The third-order valence-electron chi connectivity index (χ3n) is 1.24. The highest BCUT2D eigenvalue weighted by Crippen LogP contribution is 1.99. The van der Waals surface area contributed by atoms with Crippen molar-refractivity contribution in [1.29, 1.82) is 5.41 Å². The van der Waals surface area contributed by atoms with Gasteiger partial charge in [-0.3, -0.25) is 0 Å². The molecule has 1 heteroatoms. The lowest BCUT2D eigenvalue weighted by Crippen LogP contribution is -1.70. The van der Waals surface area contributed by atoms with E-state index < -0.39 is 0 Å². The summed E-state index contributed by atoms with van der Waals surface area (Å²) in [5.74, 6) is 0.